The van der Waals surface area contributed by atoms with Crippen LogP contribution >= 0.6 is 11.8 Å². The Balaban J connectivity index is 1.84. The number of fused-ring (bicyclic) bond motifs is 1. The summed E-state index contributed by atoms with van der Waals surface area (Å²) in [5.74, 6) is 1.45. The fourth-order valence-electron chi connectivity index (χ4n) is 4.06. The second-order valence-corrected chi connectivity index (χ2v) is 8.93. The minimum Gasteiger partial charge on any atom is -0.274 e. The molecule has 0 unspecified atom stereocenters. The standard InChI is InChI=1S/C23H28N4O2S/c1-4-18(28)26-20(16-9-7-6-8-10-16)24-21-23(26)30-22(25-27(21)19(29)5-2)17-13-11-15(3)12-14-17/h11-14,16H,4-10H2,1-3H3. The third-order valence-corrected chi connectivity index (χ3v) is 6.86. The van der Waals surface area contributed by atoms with E-state index in [1.807, 2.05) is 45.0 Å². The molecule has 2 aromatic rings. The molecule has 1 aromatic heterocycles. The largest absolute Gasteiger partial charge is 0.274 e. The Bertz CT molecular complexity index is 987. The van der Waals surface area contributed by atoms with Gasteiger partial charge in [0.25, 0.3) is 0 Å². The molecule has 0 radical (unpaired) electrons. The number of aromatic nitrogens is 2. The lowest BCUT2D eigenvalue weighted by Crippen LogP contribution is -2.29. The number of hydrazone groups is 1. The van der Waals surface area contributed by atoms with E-state index in [1.165, 1.54) is 23.2 Å². The van der Waals surface area contributed by atoms with Crippen LogP contribution in [0.1, 0.15) is 86.5 Å². The number of anilines is 1. The summed E-state index contributed by atoms with van der Waals surface area (Å²) in [5, 5.41) is 7.49. The van der Waals surface area contributed by atoms with E-state index in [9.17, 15) is 9.59 Å². The maximum atomic E-state index is 13.0. The fraction of sp³-hybridized carbons (Fsp3) is 0.478. The minimum atomic E-state index is -0.120. The van der Waals surface area contributed by atoms with Crippen molar-refractivity contribution in [2.24, 2.45) is 5.10 Å². The van der Waals surface area contributed by atoms with Gasteiger partial charge in [0.2, 0.25) is 11.8 Å². The molecule has 0 bridgehead atoms. The normalized spacial score (nSPS) is 16.9. The van der Waals surface area contributed by atoms with Crippen LogP contribution in [0.5, 0.6) is 0 Å². The van der Waals surface area contributed by atoms with Gasteiger partial charge in [0.15, 0.2) is 5.82 Å². The average Bonchev–Trinajstić information content (AvgIpc) is 3.18. The van der Waals surface area contributed by atoms with Crippen LogP contribution in [0.15, 0.2) is 34.4 Å². The number of thioether (sulfide) groups is 1. The Labute approximate surface area is 181 Å². The van der Waals surface area contributed by atoms with Crippen molar-refractivity contribution in [1.82, 2.24) is 9.55 Å². The summed E-state index contributed by atoms with van der Waals surface area (Å²) >= 11 is 1.44. The summed E-state index contributed by atoms with van der Waals surface area (Å²) in [5.41, 5.74) is 2.09. The molecule has 2 aliphatic rings. The summed E-state index contributed by atoms with van der Waals surface area (Å²) < 4.78 is 1.77. The van der Waals surface area contributed by atoms with Gasteiger partial charge >= 0.3 is 0 Å². The zero-order chi connectivity index (χ0) is 21.3. The fourth-order valence-corrected chi connectivity index (χ4v) is 5.13. The second kappa shape index (κ2) is 8.76. The second-order valence-electron chi connectivity index (χ2n) is 7.95. The van der Waals surface area contributed by atoms with E-state index in [2.05, 4.69) is 5.10 Å². The van der Waals surface area contributed by atoms with E-state index < -0.39 is 0 Å². The van der Waals surface area contributed by atoms with Crippen LogP contribution in [-0.2, 0) is 4.79 Å². The number of rotatable bonds is 4. The van der Waals surface area contributed by atoms with Crippen LogP contribution in [0.3, 0.4) is 0 Å². The van der Waals surface area contributed by atoms with E-state index in [0.29, 0.717) is 23.7 Å². The highest BCUT2D eigenvalue weighted by atomic mass is 32.2. The summed E-state index contributed by atoms with van der Waals surface area (Å²) in [6.07, 6.45) is 6.31. The maximum absolute atomic E-state index is 13.0. The first-order valence-corrected chi connectivity index (χ1v) is 11.7. The molecule has 30 heavy (non-hydrogen) atoms. The van der Waals surface area contributed by atoms with E-state index >= 15 is 0 Å². The van der Waals surface area contributed by atoms with Crippen LogP contribution in [0, 0.1) is 6.92 Å². The van der Waals surface area contributed by atoms with Crippen LogP contribution in [-0.4, -0.2) is 26.4 Å². The molecule has 0 N–H and O–H groups in total. The molecule has 1 saturated carbocycles. The summed E-state index contributed by atoms with van der Waals surface area (Å²) in [7, 11) is 0. The van der Waals surface area contributed by atoms with Crippen molar-refractivity contribution in [3.05, 3.63) is 41.2 Å². The van der Waals surface area contributed by atoms with Crippen molar-refractivity contribution in [2.75, 3.05) is 5.01 Å². The van der Waals surface area contributed by atoms with Crippen LogP contribution in [0.4, 0.5) is 5.82 Å². The monoisotopic (exact) mass is 424 g/mol. The van der Waals surface area contributed by atoms with Gasteiger partial charge in [0.05, 0.1) is 0 Å². The number of carbonyl (C=O) groups excluding carboxylic acids is 2. The van der Waals surface area contributed by atoms with Gasteiger partial charge in [-0.1, -0.05) is 62.9 Å². The highest BCUT2D eigenvalue weighted by Gasteiger charge is 2.35. The molecule has 1 aliphatic heterocycles. The van der Waals surface area contributed by atoms with Crippen LogP contribution in [0.2, 0.25) is 0 Å². The van der Waals surface area contributed by atoms with Crippen molar-refractivity contribution < 1.29 is 9.59 Å². The molecular formula is C23H28N4O2S. The summed E-state index contributed by atoms with van der Waals surface area (Å²) in [6, 6.07) is 8.07. The topological polar surface area (TPSA) is 67.6 Å². The first-order chi connectivity index (χ1) is 14.5. The number of hydrogen-bond donors (Lipinski definition) is 0. The molecule has 7 heteroatoms. The molecule has 2 heterocycles. The number of imidazole rings is 1. The lowest BCUT2D eigenvalue weighted by molar-refractivity contribution is -0.118. The molecule has 0 spiro atoms. The Morgan fingerprint density at radius 1 is 1.03 bits per heavy atom. The lowest BCUT2D eigenvalue weighted by atomic mass is 9.88. The summed E-state index contributed by atoms with van der Waals surface area (Å²) in [6.45, 7) is 5.73. The number of hydrogen-bond acceptors (Lipinski definition) is 5. The Morgan fingerprint density at radius 2 is 1.70 bits per heavy atom. The van der Waals surface area contributed by atoms with Gasteiger partial charge < -0.3 is 0 Å². The van der Waals surface area contributed by atoms with Gasteiger partial charge in [-0.15, -0.1) is 0 Å². The number of carbonyl (C=O) groups is 2. The smallest absolute Gasteiger partial charge is 0.248 e. The quantitative estimate of drug-likeness (QED) is 0.650. The zero-order valence-corrected chi connectivity index (χ0v) is 18.7. The maximum Gasteiger partial charge on any atom is 0.248 e. The molecule has 6 nitrogen and oxygen atoms in total. The Kier molecular flexibility index (Phi) is 6.09. The molecule has 0 atom stereocenters. The van der Waals surface area contributed by atoms with Crippen molar-refractivity contribution in [3.63, 3.8) is 0 Å². The van der Waals surface area contributed by atoms with Crippen LogP contribution in [0.25, 0.3) is 0 Å². The Morgan fingerprint density at radius 3 is 2.33 bits per heavy atom. The van der Waals surface area contributed by atoms with Gasteiger partial charge in [0.1, 0.15) is 15.9 Å². The number of benzene rings is 1. The number of nitrogens with zero attached hydrogens (tertiary/aromatic N) is 4. The van der Waals surface area contributed by atoms with Crippen molar-refractivity contribution in [2.45, 2.75) is 76.7 Å². The third kappa shape index (κ3) is 3.83. The molecule has 4 rings (SSSR count). The van der Waals surface area contributed by atoms with Gasteiger partial charge in [-0.3, -0.25) is 14.2 Å². The minimum absolute atomic E-state index is 0.0193. The van der Waals surface area contributed by atoms with Gasteiger partial charge in [-0.2, -0.15) is 10.1 Å². The number of aryl methyl sites for hydroxylation is 1. The van der Waals surface area contributed by atoms with Gasteiger partial charge in [0, 0.05) is 24.3 Å². The molecular weight excluding hydrogens is 396 g/mol. The molecule has 0 saturated heterocycles. The van der Waals surface area contributed by atoms with Crippen LogP contribution < -0.4 is 5.01 Å². The van der Waals surface area contributed by atoms with E-state index in [0.717, 1.165) is 47.7 Å². The van der Waals surface area contributed by atoms with E-state index in [1.54, 1.807) is 4.57 Å². The van der Waals surface area contributed by atoms with Gasteiger partial charge in [-0.05, 0) is 31.5 Å². The average molecular weight is 425 g/mol. The van der Waals surface area contributed by atoms with Gasteiger partial charge in [-0.25, -0.2) is 4.98 Å². The van der Waals surface area contributed by atoms with Crippen molar-refractivity contribution >= 4 is 34.4 Å². The molecule has 1 aliphatic carbocycles. The molecule has 1 fully saturated rings. The lowest BCUT2D eigenvalue weighted by Gasteiger charge is -2.23. The number of amides is 1. The predicted molar refractivity (Wildman–Crippen MR) is 120 cm³/mol. The molecule has 1 aromatic carbocycles. The first-order valence-electron chi connectivity index (χ1n) is 10.9. The first kappa shape index (κ1) is 20.8. The summed E-state index contributed by atoms with van der Waals surface area (Å²) in [4.78, 5) is 30.6. The molecule has 158 valence electrons. The van der Waals surface area contributed by atoms with E-state index in [4.69, 9.17) is 4.98 Å². The van der Waals surface area contributed by atoms with E-state index in [-0.39, 0.29) is 17.7 Å². The molecule has 1 amide bonds. The van der Waals surface area contributed by atoms with Crippen molar-refractivity contribution in [3.8, 4) is 0 Å². The highest BCUT2D eigenvalue weighted by molar-refractivity contribution is 8.14. The predicted octanol–water partition coefficient (Wildman–Crippen LogP) is 5.50. The Hall–Kier alpha value is -2.41. The highest BCUT2D eigenvalue weighted by Crippen LogP contribution is 2.42. The zero-order valence-electron chi connectivity index (χ0n) is 17.9. The van der Waals surface area contributed by atoms with Crippen molar-refractivity contribution in [1.29, 1.82) is 0 Å². The SMILES string of the molecule is CCC(=O)N1N=C(c2ccc(C)cc2)Sc2c1nc(C1CCCCC1)n2C(=O)CC. The third-order valence-electron chi connectivity index (χ3n) is 5.79.